The number of hydrogen-bond donors (Lipinski definition) is 2. The van der Waals surface area contributed by atoms with Crippen molar-refractivity contribution in [1.29, 1.82) is 0 Å². The van der Waals surface area contributed by atoms with Crippen LogP contribution in [-0.4, -0.2) is 39.3 Å². The van der Waals surface area contributed by atoms with Gasteiger partial charge in [0.05, 0.1) is 35.1 Å². The van der Waals surface area contributed by atoms with Crippen molar-refractivity contribution in [2.45, 2.75) is 64.5 Å². The average Bonchev–Trinajstić information content (AvgIpc) is 3.43. The molecule has 236 valence electrons. The summed E-state index contributed by atoms with van der Waals surface area (Å²) in [4.78, 5) is 57.9. The number of nitrogens with one attached hydrogen (secondary N) is 1. The van der Waals surface area contributed by atoms with E-state index in [1.165, 1.54) is 0 Å². The molecule has 2 aliphatic heterocycles. The molecule has 1 amide bonds. The number of aliphatic hydroxyl groups is 1. The Hall–Kier alpha value is -4.74. The molecule has 0 bridgehead atoms. The van der Waals surface area contributed by atoms with Gasteiger partial charge in [0.15, 0.2) is 0 Å². The molecule has 2 aromatic carbocycles. The maximum absolute atomic E-state index is 14.1. The summed E-state index contributed by atoms with van der Waals surface area (Å²) in [6.45, 7) is 2.75. The summed E-state index contributed by atoms with van der Waals surface area (Å²) in [5, 5.41) is 13.9. The summed E-state index contributed by atoms with van der Waals surface area (Å²) < 4.78 is 18.1. The molecule has 0 unspecified atom stereocenters. The molecule has 3 aliphatic rings. The molecular weight excluding hydrogens is 614 g/mol. The Morgan fingerprint density at radius 3 is 2.70 bits per heavy atom. The van der Waals surface area contributed by atoms with Gasteiger partial charge in [0, 0.05) is 21.5 Å². The van der Waals surface area contributed by atoms with E-state index in [9.17, 15) is 24.3 Å². The second-order valence-corrected chi connectivity index (χ2v) is 12.1. The molecule has 0 saturated heterocycles. The Labute approximate surface area is 268 Å². The number of aromatic nitrogens is 2. The van der Waals surface area contributed by atoms with E-state index >= 15 is 0 Å². The van der Waals surface area contributed by atoms with Gasteiger partial charge in [0.2, 0.25) is 11.5 Å². The highest BCUT2D eigenvalue weighted by Crippen LogP contribution is 2.47. The first-order chi connectivity index (χ1) is 22.2. The fourth-order valence-electron chi connectivity index (χ4n) is 6.98. The molecule has 0 spiro atoms. The predicted molar refractivity (Wildman–Crippen MR) is 166 cm³/mol. The topological polar surface area (TPSA) is 146 Å². The van der Waals surface area contributed by atoms with Gasteiger partial charge >= 0.3 is 12.1 Å². The Kier molecular flexibility index (Phi) is 7.32. The number of hydrogen-bond acceptors (Lipinski definition) is 9. The summed E-state index contributed by atoms with van der Waals surface area (Å²) in [7, 11) is 0. The summed E-state index contributed by atoms with van der Waals surface area (Å²) >= 11 is 6.64. The van der Waals surface area contributed by atoms with Crippen LogP contribution < -0.4 is 10.9 Å². The number of aliphatic hydroxyl groups excluding tert-OH is 1. The van der Waals surface area contributed by atoms with E-state index in [2.05, 4.69) is 5.32 Å². The third-order valence-corrected chi connectivity index (χ3v) is 9.67. The number of rotatable bonds is 6. The first-order valence-corrected chi connectivity index (χ1v) is 15.4. The third kappa shape index (κ3) is 4.56. The van der Waals surface area contributed by atoms with Crippen LogP contribution in [0.2, 0.25) is 5.02 Å². The number of nitrogens with zero attached hydrogens (tertiary/aromatic N) is 2. The van der Waals surface area contributed by atoms with Crippen LogP contribution in [0.5, 0.6) is 0 Å². The molecule has 2 atom stereocenters. The largest absolute Gasteiger partial charge is 0.510 e. The van der Waals surface area contributed by atoms with E-state index in [1.807, 2.05) is 25.1 Å². The molecule has 12 heteroatoms. The van der Waals surface area contributed by atoms with Gasteiger partial charge in [-0.05, 0) is 60.6 Å². The summed E-state index contributed by atoms with van der Waals surface area (Å²) in [6, 6.07) is 12.0. The lowest BCUT2D eigenvalue weighted by atomic mass is 9.81. The number of ether oxygens (including phenoxy) is 3. The highest BCUT2D eigenvalue weighted by molar-refractivity contribution is 6.32. The summed E-state index contributed by atoms with van der Waals surface area (Å²) in [5.41, 5.74) is 3.85. The lowest BCUT2D eigenvalue weighted by Gasteiger charge is -2.35. The van der Waals surface area contributed by atoms with E-state index in [4.69, 9.17) is 30.8 Å². The molecule has 4 aromatic rings. The minimum absolute atomic E-state index is 0.0150. The van der Waals surface area contributed by atoms with Crippen LogP contribution in [-0.2, 0) is 55.6 Å². The zero-order chi connectivity index (χ0) is 32.3. The average molecular weight is 644 g/mol. The van der Waals surface area contributed by atoms with E-state index in [0.717, 1.165) is 33.2 Å². The number of pyridine rings is 2. The molecule has 4 heterocycles. The minimum Gasteiger partial charge on any atom is -0.457 e. The van der Waals surface area contributed by atoms with Gasteiger partial charge in [-0.1, -0.05) is 48.9 Å². The molecule has 0 fully saturated rings. The normalized spacial score (nSPS) is 19.1. The van der Waals surface area contributed by atoms with Gasteiger partial charge in [0.25, 0.3) is 5.56 Å². The van der Waals surface area contributed by atoms with Crippen LogP contribution in [0.1, 0.15) is 64.8 Å². The molecular formula is C34H30ClN3O8. The quantitative estimate of drug-likeness (QED) is 0.255. The summed E-state index contributed by atoms with van der Waals surface area (Å²) in [5.74, 6) is -1.32. The number of benzene rings is 2. The zero-order valence-electron chi connectivity index (χ0n) is 25.1. The van der Waals surface area contributed by atoms with Crippen molar-refractivity contribution in [1.82, 2.24) is 14.9 Å². The van der Waals surface area contributed by atoms with Crippen LogP contribution in [0.25, 0.3) is 22.3 Å². The van der Waals surface area contributed by atoms with E-state index in [0.29, 0.717) is 34.8 Å². The number of cyclic esters (lactones) is 1. The molecule has 0 radical (unpaired) electrons. The number of halogens is 1. The van der Waals surface area contributed by atoms with Gasteiger partial charge in [-0.2, -0.15) is 0 Å². The van der Waals surface area contributed by atoms with E-state index < -0.39 is 41.8 Å². The van der Waals surface area contributed by atoms with Crippen molar-refractivity contribution in [3.05, 3.63) is 96.8 Å². The third-order valence-electron chi connectivity index (χ3n) is 9.28. The maximum Gasteiger partial charge on any atom is 0.510 e. The van der Waals surface area contributed by atoms with E-state index in [-0.39, 0.29) is 37.3 Å². The molecule has 2 aromatic heterocycles. The Bertz CT molecular complexity index is 2030. The number of aryl methyl sites for hydroxylation is 1. The molecule has 11 nitrogen and oxygen atoms in total. The van der Waals surface area contributed by atoms with Crippen molar-refractivity contribution in [2.75, 3.05) is 6.61 Å². The standard InChI is InChI=1S/C34H30ClN3O8/c1-3-34(46-33(43)45-15-18-7-5-4-6-8-18)22-11-26-30-20(13-38(26)31(41)21(22)16-44-32(34)42)29-24(36-27(40)14-39)10-9-19-17(2)23(35)12-25(37-30)28(19)29/h4-8,11-12,24,39H,3,9-10,13-16H2,1-2H3,(H,36,40)/t24-,34-/m0/s1. The number of fused-ring (bicyclic) bond motifs is 5. The summed E-state index contributed by atoms with van der Waals surface area (Å²) in [6.07, 6.45) is 0.112. The Morgan fingerprint density at radius 1 is 1.17 bits per heavy atom. The van der Waals surface area contributed by atoms with Gasteiger partial charge in [-0.25, -0.2) is 14.6 Å². The number of carbonyl (C=O) groups excluding carboxylic acids is 3. The van der Waals surface area contributed by atoms with Gasteiger partial charge in [-0.15, -0.1) is 0 Å². The zero-order valence-corrected chi connectivity index (χ0v) is 25.9. The maximum atomic E-state index is 14.1. The van der Waals surface area contributed by atoms with E-state index in [1.54, 1.807) is 35.8 Å². The molecule has 7 rings (SSSR count). The predicted octanol–water partition coefficient (Wildman–Crippen LogP) is 4.50. The lowest BCUT2D eigenvalue weighted by molar-refractivity contribution is -0.175. The minimum atomic E-state index is -1.92. The first-order valence-electron chi connectivity index (χ1n) is 15.1. The molecule has 46 heavy (non-hydrogen) atoms. The fraction of sp³-hybridized carbons (Fsp3) is 0.324. The van der Waals surface area contributed by atoms with Crippen LogP contribution in [0.15, 0.2) is 47.3 Å². The smallest absolute Gasteiger partial charge is 0.457 e. The van der Waals surface area contributed by atoms with Crippen LogP contribution in [0.3, 0.4) is 0 Å². The Balaban J connectivity index is 1.37. The second kappa shape index (κ2) is 11.3. The van der Waals surface area contributed by atoms with Crippen molar-refractivity contribution in [2.24, 2.45) is 0 Å². The highest BCUT2D eigenvalue weighted by atomic mass is 35.5. The van der Waals surface area contributed by atoms with Gasteiger partial charge < -0.3 is 29.2 Å². The SMILES string of the molecule is CC[C@@]1(OC(=O)OCc2ccccc2)C(=O)OCc2c1cc1n(c2=O)Cc2c-1nc1cc(Cl)c(C)c3c1c2[C@@H](NC(=O)CO)CC3. The van der Waals surface area contributed by atoms with Crippen LogP contribution in [0.4, 0.5) is 4.79 Å². The number of carbonyl (C=O) groups is 3. The van der Waals surface area contributed by atoms with Crippen molar-refractivity contribution < 1.29 is 33.7 Å². The van der Waals surface area contributed by atoms with Crippen molar-refractivity contribution in [3.8, 4) is 11.4 Å². The van der Waals surface area contributed by atoms with Crippen LogP contribution in [0, 0.1) is 6.92 Å². The number of esters is 1. The monoisotopic (exact) mass is 643 g/mol. The Morgan fingerprint density at radius 2 is 1.96 bits per heavy atom. The van der Waals surface area contributed by atoms with Crippen molar-refractivity contribution in [3.63, 3.8) is 0 Å². The lowest BCUT2D eigenvalue weighted by Crippen LogP contribution is -2.47. The number of amides is 1. The van der Waals surface area contributed by atoms with Crippen LogP contribution >= 0.6 is 11.6 Å². The molecule has 0 saturated carbocycles. The molecule has 2 N–H and O–H groups in total. The fourth-order valence-corrected chi connectivity index (χ4v) is 7.20. The van der Waals surface area contributed by atoms with Crippen molar-refractivity contribution >= 4 is 40.5 Å². The first kappa shape index (κ1) is 29.9. The highest BCUT2D eigenvalue weighted by Gasteiger charge is 2.51. The van der Waals surface area contributed by atoms with Gasteiger partial charge in [-0.3, -0.25) is 9.59 Å². The second-order valence-electron chi connectivity index (χ2n) is 11.7. The van der Waals surface area contributed by atoms with Gasteiger partial charge in [0.1, 0.15) is 19.8 Å². The molecule has 1 aliphatic carbocycles.